The molecule has 0 saturated carbocycles. The minimum absolute atomic E-state index is 0.0760. The van der Waals surface area contributed by atoms with Crippen molar-refractivity contribution in [3.8, 4) is 0 Å². The summed E-state index contributed by atoms with van der Waals surface area (Å²) in [5.74, 6) is -5.59. The first kappa shape index (κ1) is 47.6. The van der Waals surface area contributed by atoms with E-state index in [-0.39, 0.29) is 37.8 Å². The Balaban J connectivity index is 2.24. The molecule has 0 aliphatic carbocycles. The highest BCUT2D eigenvalue weighted by atomic mass is 16.7. The lowest BCUT2D eigenvalue weighted by Gasteiger charge is -2.49. The zero-order chi connectivity index (χ0) is 42.0. The lowest BCUT2D eigenvalue weighted by Crippen LogP contribution is -2.61. The van der Waals surface area contributed by atoms with Gasteiger partial charge in [0.05, 0.1) is 53.7 Å². The summed E-state index contributed by atoms with van der Waals surface area (Å²) in [6.07, 6.45) is -9.68. The number of ether oxygens (including phenoxy) is 7. The van der Waals surface area contributed by atoms with Crippen molar-refractivity contribution in [1.29, 1.82) is 0 Å². The maximum Gasteiger partial charge on any atom is 0.311 e. The van der Waals surface area contributed by atoms with Crippen molar-refractivity contribution in [2.75, 3.05) is 21.2 Å². The van der Waals surface area contributed by atoms with E-state index in [1.54, 1.807) is 48.5 Å². The molecule has 9 unspecified atom stereocenters. The fraction of sp³-hybridized carbons (Fsp3) is 0.925. The molecule has 18 atom stereocenters. The SMILES string of the molecule is CCC(=O)OC1C(OC2[C@@H](C)[C@H](OC3CC(C)(OC)C(O)C(C)O3)[C@@H](C)C(=O)O[C@H](CC)[C@@](C)(O)[C@H](O)[C@@H](C)C(=O)[C@H](C)C[C@@]2(C)O)OC(C)CC1N(C)C. The lowest BCUT2D eigenvalue weighted by atomic mass is 9.74. The van der Waals surface area contributed by atoms with Gasteiger partial charge in [0, 0.05) is 37.7 Å². The monoisotopic (exact) mass is 789 g/mol. The first-order valence-corrected chi connectivity index (χ1v) is 19.9. The quantitative estimate of drug-likeness (QED) is 0.249. The molecule has 0 radical (unpaired) electrons. The molecule has 0 aromatic heterocycles. The van der Waals surface area contributed by atoms with E-state index < -0.39 is 114 Å². The Morgan fingerprint density at radius 2 is 1.51 bits per heavy atom. The Morgan fingerprint density at radius 1 is 0.891 bits per heavy atom. The lowest BCUT2D eigenvalue weighted by molar-refractivity contribution is -0.319. The summed E-state index contributed by atoms with van der Waals surface area (Å²) < 4.78 is 43.6. The van der Waals surface area contributed by atoms with Crippen LogP contribution >= 0.6 is 0 Å². The summed E-state index contributed by atoms with van der Waals surface area (Å²) >= 11 is 0. The van der Waals surface area contributed by atoms with Gasteiger partial charge in [-0.25, -0.2) is 0 Å². The molecular weight excluding hydrogens is 718 g/mol. The molecule has 0 aromatic rings. The van der Waals surface area contributed by atoms with Crippen molar-refractivity contribution < 1.29 is 68.0 Å². The van der Waals surface area contributed by atoms with Crippen molar-refractivity contribution in [3.63, 3.8) is 0 Å². The van der Waals surface area contributed by atoms with Crippen LogP contribution in [0.5, 0.6) is 0 Å². The maximum atomic E-state index is 14.2. The van der Waals surface area contributed by atoms with Crippen molar-refractivity contribution in [2.24, 2.45) is 23.7 Å². The second-order valence-corrected chi connectivity index (χ2v) is 17.3. The van der Waals surface area contributed by atoms with Gasteiger partial charge in [-0.2, -0.15) is 0 Å². The average Bonchev–Trinajstić information content (AvgIpc) is 3.11. The molecule has 15 heteroatoms. The summed E-state index contributed by atoms with van der Waals surface area (Å²) in [6, 6.07) is -0.319. The van der Waals surface area contributed by atoms with Crippen LogP contribution in [0.3, 0.4) is 0 Å². The summed E-state index contributed by atoms with van der Waals surface area (Å²) in [4.78, 5) is 42.9. The first-order valence-electron chi connectivity index (χ1n) is 19.9. The third-order valence-electron chi connectivity index (χ3n) is 12.4. The molecule has 4 N–H and O–H groups in total. The fourth-order valence-corrected chi connectivity index (χ4v) is 8.76. The number of hydrogen-bond acceptors (Lipinski definition) is 15. The molecule has 0 amide bonds. The van der Waals surface area contributed by atoms with E-state index >= 15 is 0 Å². The highest BCUT2D eigenvalue weighted by Gasteiger charge is 2.54. The Hall–Kier alpha value is -1.79. The van der Waals surface area contributed by atoms with Gasteiger partial charge in [0.1, 0.15) is 23.6 Å². The number of esters is 2. The van der Waals surface area contributed by atoms with Crippen LogP contribution < -0.4 is 0 Å². The molecule has 320 valence electrons. The molecule has 3 rings (SSSR count). The van der Waals surface area contributed by atoms with Crippen LogP contribution in [0.4, 0.5) is 0 Å². The number of carbonyl (C=O) groups excluding carboxylic acids is 3. The summed E-state index contributed by atoms with van der Waals surface area (Å²) in [5, 5.41) is 46.6. The van der Waals surface area contributed by atoms with Gasteiger partial charge in [-0.3, -0.25) is 14.4 Å². The summed E-state index contributed by atoms with van der Waals surface area (Å²) in [7, 11) is 5.21. The van der Waals surface area contributed by atoms with Crippen LogP contribution in [-0.4, -0.2) is 149 Å². The zero-order valence-electron chi connectivity index (χ0n) is 35.5. The smallest absolute Gasteiger partial charge is 0.311 e. The second kappa shape index (κ2) is 18.9. The van der Waals surface area contributed by atoms with Gasteiger partial charge in [0.2, 0.25) is 0 Å². The Labute approximate surface area is 327 Å². The molecule has 3 fully saturated rings. The number of likely N-dealkylation sites (N-methyl/N-ethyl adjacent to an activating group) is 1. The van der Waals surface area contributed by atoms with Crippen molar-refractivity contribution in [3.05, 3.63) is 0 Å². The molecule has 0 bridgehead atoms. The van der Waals surface area contributed by atoms with Gasteiger partial charge in [-0.1, -0.05) is 34.6 Å². The summed E-state index contributed by atoms with van der Waals surface area (Å²) in [6.45, 7) is 18.0. The number of Topliss-reactive ketones (excluding diaryl/α,β-unsaturated/α-hetero) is 1. The van der Waals surface area contributed by atoms with Crippen molar-refractivity contribution in [2.45, 2.75) is 193 Å². The minimum atomic E-state index is -2.01. The molecular formula is C40H71NO14. The van der Waals surface area contributed by atoms with Gasteiger partial charge in [0.15, 0.2) is 18.7 Å². The van der Waals surface area contributed by atoms with Crippen molar-refractivity contribution in [1.82, 2.24) is 4.90 Å². The number of hydrogen-bond donors (Lipinski definition) is 4. The molecule has 3 aliphatic rings. The van der Waals surface area contributed by atoms with E-state index in [2.05, 4.69) is 0 Å². The number of nitrogens with zero attached hydrogens (tertiary/aromatic N) is 1. The van der Waals surface area contributed by atoms with Gasteiger partial charge < -0.3 is 58.5 Å². The van der Waals surface area contributed by atoms with E-state index in [1.165, 1.54) is 27.9 Å². The van der Waals surface area contributed by atoms with E-state index in [9.17, 15) is 34.8 Å². The van der Waals surface area contributed by atoms with Crippen LogP contribution in [0.1, 0.15) is 108 Å². The predicted molar refractivity (Wildman–Crippen MR) is 200 cm³/mol. The number of cyclic esters (lactones) is 1. The van der Waals surface area contributed by atoms with Crippen LogP contribution in [0.15, 0.2) is 0 Å². The third kappa shape index (κ3) is 10.6. The number of carbonyl (C=O) groups is 3. The number of methoxy groups -OCH3 is 1. The summed E-state index contributed by atoms with van der Waals surface area (Å²) in [5.41, 5.74) is -4.92. The van der Waals surface area contributed by atoms with Crippen molar-refractivity contribution >= 4 is 17.7 Å². The van der Waals surface area contributed by atoms with Gasteiger partial charge >= 0.3 is 11.9 Å². The second-order valence-electron chi connectivity index (χ2n) is 17.3. The highest BCUT2D eigenvalue weighted by Crippen LogP contribution is 2.41. The third-order valence-corrected chi connectivity index (χ3v) is 12.4. The normalized spacial score (nSPS) is 46.9. The number of ketones is 1. The van der Waals surface area contributed by atoms with Crippen LogP contribution in [0.2, 0.25) is 0 Å². The number of rotatable bonds is 9. The molecule has 3 saturated heterocycles. The number of aliphatic hydroxyl groups is 4. The molecule has 55 heavy (non-hydrogen) atoms. The van der Waals surface area contributed by atoms with Crippen LogP contribution in [-0.2, 0) is 47.5 Å². The van der Waals surface area contributed by atoms with E-state index in [0.29, 0.717) is 6.42 Å². The predicted octanol–water partition coefficient (Wildman–Crippen LogP) is 2.75. The molecule has 15 nitrogen and oxygen atoms in total. The Bertz CT molecular complexity index is 1290. The minimum Gasteiger partial charge on any atom is -0.459 e. The average molecular weight is 790 g/mol. The van der Waals surface area contributed by atoms with Gasteiger partial charge in [-0.15, -0.1) is 0 Å². The molecule has 3 aliphatic heterocycles. The topological polar surface area (TPSA) is 200 Å². The first-order chi connectivity index (χ1) is 25.4. The Kier molecular flexibility index (Phi) is 16.3. The largest absolute Gasteiger partial charge is 0.459 e. The maximum absolute atomic E-state index is 14.2. The van der Waals surface area contributed by atoms with E-state index in [1.807, 2.05) is 25.9 Å². The molecule has 0 spiro atoms. The standard InChI is InChI=1S/C40H71NO14/c1-15-27-40(11,48)33(44)22(5)30(43)20(3)18-38(9,47)35(55-37-32(53-28(42)16-2)26(41(12)13)17-21(4)50-37)23(6)31(24(7)36(46)52-27)54-29-19-39(10,49-14)34(45)25(8)51-29/h20-27,29,31-35,37,44-45,47-48H,15-19H2,1-14H3/t20-,21?,22+,23+,24-,25?,26?,27-,29?,31+,32?,33-,34?,35?,37?,38-,39?,40-/m1/s1. The fourth-order valence-electron chi connectivity index (χ4n) is 8.76. The van der Waals surface area contributed by atoms with E-state index in [0.717, 1.165) is 0 Å². The molecule has 3 heterocycles. The zero-order valence-corrected chi connectivity index (χ0v) is 35.5. The van der Waals surface area contributed by atoms with E-state index in [4.69, 9.17) is 33.2 Å². The number of aliphatic hydroxyl groups excluding tert-OH is 2. The van der Waals surface area contributed by atoms with Crippen LogP contribution in [0, 0.1) is 23.7 Å². The van der Waals surface area contributed by atoms with Gasteiger partial charge in [0.25, 0.3) is 0 Å². The van der Waals surface area contributed by atoms with Crippen LogP contribution in [0.25, 0.3) is 0 Å². The Morgan fingerprint density at radius 3 is 2.05 bits per heavy atom. The molecule has 0 aromatic carbocycles. The highest BCUT2D eigenvalue weighted by molar-refractivity contribution is 5.83. The van der Waals surface area contributed by atoms with Gasteiger partial charge in [-0.05, 0) is 74.9 Å².